The molecule has 0 aliphatic carbocycles. The van der Waals surface area contributed by atoms with E-state index in [0.29, 0.717) is 12.2 Å². The zero-order chi connectivity index (χ0) is 14.8. The van der Waals surface area contributed by atoms with Gasteiger partial charge in [0.2, 0.25) is 0 Å². The number of hydrogen-bond acceptors (Lipinski definition) is 4. The highest BCUT2D eigenvalue weighted by Crippen LogP contribution is 2.24. The molecule has 0 saturated carbocycles. The average Bonchev–Trinajstić information content (AvgIpc) is 2.79. The first kappa shape index (κ1) is 14.5. The number of carbonyl (C=O) groups excluding carboxylic acids is 1. The number of rotatable bonds is 4. The molecule has 2 rings (SSSR count). The van der Waals surface area contributed by atoms with Crippen molar-refractivity contribution in [1.82, 2.24) is 15.2 Å². The van der Waals surface area contributed by atoms with Crippen LogP contribution in [0.2, 0.25) is 0 Å². The first-order chi connectivity index (χ1) is 9.43. The van der Waals surface area contributed by atoms with Gasteiger partial charge in [0, 0.05) is 19.2 Å². The molecule has 1 unspecified atom stereocenters. The minimum Gasteiger partial charge on any atom is -0.358 e. The molecule has 2 N–H and O–H groups in total. The Morgan fingerprint density at radius 1 is 1.60 bits per heavy atom. The van der Waals surface area contributed by atoms with Gasteiger partial charge in [0.05, 0.1) is 7.05 Å². The van der Waals surface area contributed by atoms with E-state index in [9.17, 15) is 14.9 Å². The van der Waals surface area contributed by atoms with Gasteiger partial charge in [-0.1, -0.05) is 6.92 Å². The predicted molar refractivity (Wildman–Crippen MR) is 74.6 cm³/mol. The maximum Gasteiger partial charge on any atom is 0.323 e. The molecule has 1 saturated heterocycles. The van der Waals surface area contributed by atoms with Crippen LogP contribution in [-0.4, -0.2) is 35.0 Å². The minimum atomic E-state index is -0.497. The SMILES string of the molecule is Cn1c(C(=O)NCC2(C)CCCNC2)ccc1[N+](=O)[O-]. The maximum absolute atomic E-state index is 12.1. The summed E-state index contributed by atoms with van der Waals surface area (Å²) < 4.78 is 1.30. The minimum absolute atomic E-state index is 0.0466. The standard InChI is InChI=1S/C13H20N4O3/c1-13(6-3-7-14-8-13)9-15-12(18)10-4-5-11(16(10)2)17(19)20/h4-5,14H,3,6-9H2,1-2H3,(H,15,18). The summed E-state index contributed by atoms with van der Waals surface area (Å²) in [4.78, 5) is 22.4. The molecule has 1 atom stereocenters. The van der Waals surface area contributed by atoms with Crippen molar-refractivity contribution in [2.45, 2.75) is 19.8 Å². The first-order valence-corrected chi connectivity index (χ1v) is 6.72. The molecule has 0 radical (unpaired) electrons. The predicted octanol–water partition coefficient (Wildman–Crippen LogP) is 1.05. The van der Waals surface area contributed by atoms with E-state index in [-0.39, 0.29) is 17.1 Å². The second-order valence-corrected chi connectivity index (χ2v) is 5.67. The van der Waals surface area contributed by atoms with E-state index in [1.807, 2.05) is 0 Å². The lowest BCUT2D eigenvalue weighted by molar-refractivity contribution is -0.391. The van der Waals surface area contributed by atoms with E-state index in [0.717, 1.165) is 25.9 Å². The molecule has 110 valence electrons. The van der Waals surface area contributed by atoms with Gasteiger partial charge in [-0.05, 0) is 35.8 Å². The van der Waals surface area contributed by atoms with Crippen LogP contribution < -0.4 is 10.6 Å². The van der Waals surface area contributed by atoms with Crippen LogP contribution in [0.1, 0.15) is 30.3 Å². The number of piperidine rings is 1. The van der Waals surface area contributed by atoms with E-state index in [4.69, 9.17) is 0 Å². The lowest BCUT2D eigenvalue weighted by Gasteiger charge is -2.34. The van der Waals surface area contributed by atoms with Crippen LogP contribution >= 0.6 is 0 Å². The van der Waals surface area contributed by atoms with Gasteiger partial charge >= 0.3 is 5.82 Å². The van der Waals surface area contributed by atoms with Crippen LogP contribution in [0.3, 0.4) is 0 Å². The highest BCUT2D eigenvalue weighted by Gasteiger charge is 2.28. The van der Waals surface area contributed by atoms with Crippen LogP contribution in [0.4, 0.5) is 5.82 Å². The summed E-state index contributed by atoms with van der Waals surface area (Å²) in [7, 11) is 1.52. The van der Waals surface area contributed by atoms with E-state index in [1.54, 1.807) is 0 Å². The fourth-order valence-corrected chi connectivity index (χ4v) is 2.57. The molecule has 2 heterocycles. The van der Waals surface area contributed by atoms with E-state index in [1.165, 1.54) is 23.7 Å². The van der Waals surface area contributed by atoms with Gasteiger partial charge in [-0.3, -0.25) is 4.79 Å². The molecular weight excluding hydrogens is 260 g/mol. The summed E-state index contributed by atoms with van der Waals surface area (Å²) in [5.41, 5.74) is 0.356. The Balaban J connectivity index is 2.00. The molecule has 1 amide bonds. The Hall–Kier alpha value is -1.89. The average molecular weight is 280 g/mol. The smallest absolute Gasteiger partial charge is 0.323 e. The Morgan fingerprint density at radius 2 is 2.35 bits per heavy atom. The van der Waals surface area contributed by atoms with E-state index in [2.05, 4.69) is 17.6 Å². The van der Waals surface area contributed by atoms with Gasteiger partial charge in [-0.15, -0.1) is 0 Å². The Labute approximate surface area is 117 Å². The number of hydrogen-bond donors (Lipinski definition) is 2. The monoisotopic (exact) mass is 280 g/mol. The largest absolute Gasteiger partial charge is 0.358 e. The van der Waals surface area contributed by atoms with Crippen molar-refractivity contribution in [2.75, 3.05) is 19.6 Å². The molecule has 1 aliphatic rings. The highest BCUT2D eigenvalue weighted by atomic mass is 16.6. The molecule has 0 aromatic carbocycles. The van der Waals surface area contributed by atoms with Crippen LogP contribution in [0.15, 0.2) is 12.1 Å². The van der Waals surface area contributed by atoms with Crippen molar-refractivity contribution >= 4 is 11.7 Å². The fraction of sp³-hybridized carbons (Fsp3) is 0.615. The van der Waals surface area contributed by atoms with E-state index >= 15 is 0 Å². The summed E-state index contributed by atoms with van der Waals surface area (Å²) in [6.07, 6.45) is 2.16. The second kappa shape index (κ2) is 5.62. The third-order valence-corrected chi connectivity index (χ3v) is 3.88. The molecular formula is C13H20N4O3. The molecule has 0 spiro atoms. The molecule has 1 aliphatic heterocycles. The number of amides is 1. The van der Waals surface area contributed by atoms with E-state index < -0.39 is 4.92 Å². The molecule has 7 heteroatoms. The second-order valence-electron chi connectivity index (χ2n) is 5.67. The van der Waals surface area contributed by atoms with Gasteiger partial charge in [-0.2, -0.15) is 0 Å². The number of aromatic nitrogens is 1. The number of nitrogens with one attached hydrogen (secondary N) is 2. The molecule has 1 fully saturated rings. The number of nitro groups is 1. The molecule has 1 aromatic rings. The third kappa shape index (κ3) is 2.98. The molecule has 20 heavy (non-hydrogen) atoms. The van der Waals surface area contributed by atoms with Crippen LogP contribution in [0.5, 0.6) is 0 Å². The van der Waals surface area contributed by atoms with Gasteiger partial charge < -0.3 is 20.7 Å². The lowest BCUT2D eigenvalue weighted by atomic mass is 9.83. The molecule has 0 bridgehead atoms. The summed E-state index contributed by atoms with van der Waals surface area (Å²) in [6, 6.07) is 2.83. The Bertz CT molecular complexity index is 518. The summed E-state index contributed by atoms with van der Waals surface area (Å²) in [6.45, 7) is 4.60. The van der Waals surface area contributed by atoms with Crippen molar-refractivity contribution in [1.29, 1.82) is 0 Å². The number of carbonyl (C=O) groups is 1. The molecule has 1 aromatic heterocycles. The summed E-state index contributed by atoms with van der Waals surface area (Å²) >= 11 is 0. The van der Waals surface area contributed by atoms with Crippen molar-refractivity contribution in [2.24, 2.45) is 12.5 Å². The fourth-order valence-electron chi connectivity index (χ4n) is 2.57. The van der Waals surface area contributed by atoms with Gasteiger partial charge in [0.25, 0.3) is 5.91 Å². The lowest BCUT2D eigenvalue weighted by Crippen LogP contribution is -2.45. The van der Waals surface area contributed by atoms with Gasteiger partial charge in [-0.25, -0.2) is 4.57 Å². The van der Waals surface area contributed by atoms with Crippen LogP contribution in [0, 0.1) is 15.5 Å². The van der Waals surface area contributed by atoms with Crippen molar-refractivity contribution in [3.05, 3.63) is 27.9 Å². The zero-order valence-electron chi connectivity index (χ0n) is 11.8. The van der Waals surface area contributed by atoms with Crippen molar-refractivity contribution in [3.63, 3.8) is 0 Å². The highest BCUT2D eigenvalue weighted by molar-refractivity contribution is 5.93. The quantitative estimate of drug-likeness (QED) is 0.637. The summed E-state index contributed by atoms with van der Waals surface area (Å²) in [5.74, 6) is -0.354. The van der Waals surface area contributed by atoms with Crippen molar-refractivity contribution < 1.29 is 9.72 Å². The van der Waals surface area contributed by atoms with Crippen molar-refractivity contribution in [3.8, 4) is 0 Å². The van der Waals surface area contributed by atoms with Crippen LogP contribution in [-0.2, 0) is 7.05 Å². The third-order valence-electron chi connectivity index (χ3n) is 3.88. The van der Waals surface area contributed by atoms with Gasteiger partial charge in [0.15, 0.2) is 5.69 Å². The Kier molecular flexibility index (Phi) is 4.08. The summed E-state index contributed by atoms with van der Waals surface area (Å²) in [5, 5.41) is 17.0. The van der Waals surface area contributed by atoms with Gasteiger partial charge in [0.1, 0.15) is 0 Å². The maximum atomic E-state index is 12.1. The normalized spacial score (nSPS) is 22.5. The first-order valence-electron chi connectivity index (χ1n) is 6.72. The Morgan fingerprint density at radius 3 is 2.90 bits per heavy atom. The zero-order valence-corrected chi connectivity index (χ0v) is 11.8. The number of nitrogens with zero attached hydrogens (tertiary/aromatic N) is 2. The molecule has 7 nitrogen and oxygen atoms in total. The van der Waals surface area contributed by atoms with Crippen LogP contribution in [0.25, 0.3) is 0 Å². The topological polar surface area (TPSA) is 89.2 Å².